The van der Waals surface area contributed by atoms with Crippen LogP contribution in [0.3, 0.4) is 0 Å². The van der Waals surface area contributed by atoms with E-state index in [0.29, 0.717) is 0 Å². The summed E-state index contributed by atoms with van der Waals surface area (Å²) in [5, 5.41) is 0. The standard InChI is InChI=1S/C11H16N2/c1-4-8-7-9(12)11(6-3)13-10(8)5-2/h6-7H,3-5,12H2,1-2H3. The minimum Gasteiger partial charge on any atom is -0.397 e. The second kappa shape index (κ2) is 4.08. The Labute approximate surface area is 79.5 Å². The monoisotopic (exact) mass is 176 g/mol. The van der Waals surface area contributed by atoms with Gasteiger partial charge in [0, 0.05) is 5.69 Å². The van der Waals surface area contributed by atoms with Crippen LogP contribution >= 0.6 is 0 Å². The van der Waals surface area contributed by atoms with E-state index in [1.807, 2.05) is 6.07 Å². The van der Waals surface area contributed by atoms with E-state index in [1.165, 1.54) is 5.56 Å². The third-order valence-corrected chi connectivity index (χ3v) is 2.16. The first-order chi connectivity index (χ1) is 6.22. The van der Waals surface area contributed by atoms with Gasteiger partial charge in [-0.15, -0.1) is 0 Å². The van der Waals surface area contributed by atoms with Crippen LogP contribution in [0.1, 0.15) is 30.8 Å². The molecule has 0 aromatic carbocycles. The van der Waals surface area contributed by atoms with Gasteiger partial charge in [-0.05, 0) is 30.5 Å². The van der Waals surface area contributed by atoms with E-state index in [4.69, 9.17) is 5.73 Å². The average molecular weight is 176 g/mol. The van der Waals surface area contributed by atoms with Crippen molar-refractivity contribution in [3.8, 4) is 0 Å². The van der Waals surface area contributed by atoms with Gasteiger partial charge < -0.3 is 5.73 Å². The van der Waals surface area contributed by atoms with E-state index in [1.54, 1.807) is 6.08 Å². The van der Waals surface area contributed by atoms with E-state index >= 15 is 0 Å². The summed E-state index contributed by atoms with van der Waals surface area (Å²) in [6.45, 7) is 7.90. The van der Waals surface area contributed by atoms with Crippen LogP contribution < -0.4 is 5.73 Å². The fourth-order valence-electron chi connectivity index (χ4n) is 1.40. The number of aromatic nitrogens is 1. The Hall–Kier alpha value is -1.31. The van der Waals surface area contributed by atoms with Gasteiger partial charge in [0.2, 0.25) is 0 Å². The molecular weight excluding hydrogens is 160 g/mol. The molecule has 0 aliphatic heterocycles. The molecule has 13 heavy (non-hydrogen) atoms. The third-order valence-electron chi connectivity index (χ3n) is 2.16. The number of anilines is 1. The maximum atomic E-state index is 5.80. The Morgan fingerprint density at radius 3 is 2.62 bits per heavy atom. The van der Waals surface area contributed by atoms with Crippen LogP contribution in [0.5, 0.6) is 0 Å². The Balaban J connectivity index is 3.26. The number of nitrogens with zero attached hydrogens (tertiary/aromatic N) is 1. The molecule has 1 rings (SSSR count). The first-order valence-electron chi connectivity index (χ1n) is 4.63. The van der Waals surface area contributed by atoms with Gasteiger partial charge in [-0.3, -0.25) is 4.98 Å². The molecule has 0 spiro atoms. The molecule has 1 aromatic rings. The van der Waals surface area contributed by atoms with Crippen LogP contribution in [0, 0.1) is 0 Å². The molecule has 2 N–H and O–H groups in total. The molecule has 2 nitrogen and oxygen atoms in total. The Bertz CT molecular complexity index is 316. The SMILES string of the molecule is C=Cc1nc(CC)c(CC)cc1N. The van der Waals surface area contributed by atoms with Crippen molar-refractivity contribution in [3.63, 3.8) is 0 Å². The highest BCUT2D eigenvalue weighted by Crippen LogP contribution is 2.17. The van der Waals surface area contributed by atoms with Gasteiger partial charge in [0.25, 0.3) is 0 Å². The van der Waals surface area contributed by atoms with E-state index in [-0.39, 0.29) is 0 Å². The highest BCUT2D eigenvalue weighted by molar-refractivity contribution is 5.60. The minimum atomic E-state index is 0.726. The molecule has 1 heterocycles. The van der Waals surface area contributed by atoms with Crippen molar-refractivity contribution in [1.82, 2.24) is 4.98 Å². The Morgan fingerprint density at radius 1 is 1.46 bits per heavy atom. The summed E-state index contributed by atoms with van der Waals surface area (Å²) >= 11 is 0. The molecular formula is C11H16N2. The lowest BCUT2D eigenvalue weighted by Gasteiger charge is -2.08. The van der Waals surface area contributed by atoms with Gasteiger partial charge >= 0.3 is 0 Å². The molecule has 0 bridgehead atoms. The highest BCUT2D eigenvalue weighted by Gasteiger charge is 2.04. The molecule has 2 heteroatoms. The van der Waals surface area contributed by atoms with Crippen molar-refractivity contribution in [1.29, 1.82) is 0 Å². The summed E-state index contributed by atoms with van der Waals surface area (Å²) in [6, 6.07) is 2.00. The normalized spacial score (nSPS) is 10.0. The van der Waals surface area contributed by atoms with E-state index in [0.717, 1.165) is 29.9 Å². The number of pyridine rings is 1. The quantitative estimate of drug-likeness (QED) is 0.768. The van der Waals surface area contributed by atoms with Gasteiger partial charge in [0.1, 0.15) is 0 Å². The largest absolute Gasteiger partial charge is 0.397 e. The Morgan fingerprint density at radius 2 is 2.15 bits per heavy atom. The number of hydrogen-bond acceptors (Lipinski definition) is 2. The molecule has 0 aliphatic rings. The zero-order valence-electron chi connectivity index (χ0n) is 8.30. The molecule has 0 atom stereocenters. The molecule has 0 saturated carbocycles. The lowest BCUT2D eigenvalue weighted by molar-refractivity contribution is 0.961. The van der Waals surface area contributed by atoms with Crippen LogP contribution in [-0.2, 0) is 12.8 Å². The minimum absolute atomic E-state index is 0.726. The van der Waals surface area contributed by atoms with Crippen LogP contribution in [0.25, 0.3) is 6.08 Å². The lowest BCUT2D eigenvalue weighted by Crippen LogP contribution is -2.01. The second-order valence-electron chi connectivity index (χ2n) is 2.98. The molecule has 0 aliphatic carbocycles. The number of aryl methyl sites for hydroxylation is 2. The highest BCUT2D eigenvalue weighted by atomic mass is 14.8. The predicted octanol–water partition coefficient (Wildman–Crippen LogP) is 2.43. The maximum Gasteiger partial charge on any atom is 0.0856 e. The fraction of sp³-hybridized carbons (Fsp3) is 0.364. The summed E-state index contributed by atoms with van der Waals surface area (Å²) < 4.78 is 0. The van der Waals surface area contributed by atoms with Crippen LogP contribution in [0.15, 0.2) is 12.6 Å². The van der Waals surface area contributed by atoms with Crippen LogP contribution in [0.2, 0.25) is 0 Å². The molecule has 0 fully saturated rings. The Kier molecular flexibility index (Phi) is 3.07. The van der Waals surface area contributed by atoms with Gasteiger partial charge in [-0.25, -0.2) is 0 Å². The number of nitrogens with two attached hydrogens (primary N) is 1. The van der Waals surface area contributed by atoms with Crippen molar-refractivity contribution < 1.29 is 0 Å². The second-order valence-corrected chi connectivity index (χ2v) is 2.98. The summed E-state index contributed by atoms with van der Waals surface area (Å²) in [5.74, 6) is 0. The smallest absolute Gasteiger partial charge is 0.0856 e. The third kappa shape index (κ3) is 1.89. The summed E-state index contributed by atoms with van der Waals surface area (Å²) in [4.78, 5) is 4.44. The molecule has 0 amide bonds. The van der Waals surface area contributed by atoms with Crippen molar-refractivity contribution >= 4 is 11.8 Å². The summed E-state index contributed by atoms with van der Waals surface area (Å²) in [6.07, 6.45) is 3.63. The van der Waals surface area contributed by atoms with Crippen molar-refractivity contribution in [2.45, 2.75) is 26.7 Å². The first-order valence-corrected chi connectivity index (χ1v) is 4.63. The fourth-order valence-corrected chi connectivity index (χ4v) is 1.40. The number of nitrogen functional groups attached to an aromatic ring is 1. The van der Waals surface area contributed by atoms with Crippen LogP contribution in [0.4, 0.5) is 5.69 Å². The number of rotatable bonds is 3. The van der Waals surface area contributed by atoms with E-state index < -0.39 is 0 Å². The zero-order chi connectivity index (χ0) is 9.84. The molecule has 1 aromatic heterocycles. The predicted molar refractivity (Wildman–Crippen MR) is 57.5 cm³/mol. The summed E-state index contributed by atoms with van der Waals surface area (Å²) in [5.41, 5.74) is 9.70. The average Bonchev–Trinajstić information content (AvgIpc) is 2.17. The molecule has 0 saturated heterocycles. The zero-order valence-corrected chi connectivity index (χ0v) is 8.30. The molecule has 70 valence electrons. The van der Waals surface area contributed by atoms with Gasteiger partial charge in [-0.1, -0.05) is 20.4 Å². The lowest BCUT2D eigenvalue weighted by atomic mass is 10.1. The molecule has 0 unspecified atom stereocenters. The van der Waals surface area contributed by atoms with Gasteiger partial charge in [0.15, 0.2) is 0 Å². The van der Waals surface area contributed by atoms with Crippen molar-refractivity contribution in [3.05, 3.63) is 29.6 Å². The van der Waals surface area contributed by atoms with E-state index in [9.17, 15) is 0 Å². The maximum absolute atomic E-state index is 5.80. The van der Waals surface area contributed by atoms with E-state index in [2.05, 4.69) is 25.4 Å². The van der Waals surface area contributed by atoms with Crippen molar-refractivity contribution in [2.75, 3.05) is 5.73 Å². The van der Waals surface area contributed by atoms with Crippen LogP contribution in [-0.4, -0.2) is 4.98 Å². The number of hydrogen-bond donors (Lipinski definition) is 1. The topological polar surface area (TPSA) is 38.9 Å². The van der Waals surface area contributed by atoms with Crippen molar-refractivity contribution in [2.24, 2.45) is 0 Å². The van der Waals surface area contributed by atoms with Gasteiger partial charge in [-0.2, -0.15) is 0 Å². The van der Waals surface area contributed by atoms with Gasteiger partial charge in [0.05, 0.1) is 11.4 Å². The molecule has 0 radical (unpaired) electrons. The summed E-state index contributed by atoms with van der Waals surface area (Å²) in [7, 11) is 0. The first kappa shape index (κ1) is 9.78.